The number of alkyl halides is 3. The Balaban J connectivity index is 1.52. The number of aromatic nitrogens is 2. The third-order valence-corrected chi connectivity index (χ3v) is 6.06. The Morgan fingerprint density at radius 1 is 1.00 bits per heavy atom. The first-order chi connectivity index (χ1) is 17.6. The number of anilines is 2. The third-order valence-electron chi connectivity index (χ3n) is 5.17. The van der Waals surface area contributed by atoms with E-state index in [4.69, 9.17) is 4.74 Å². The fourth-order valence-corrected chi connectivity index (χ4v) is 4.20. The molecule has 0 bridgehead atoms. The maximum atomic E-state index is 12.7. The zero-order valence-electron chi connectivity index (χ0n) is 19.8. The summed E-state index contributed by atoms with van der Waals surface area (Å²) in [6, 6.07) is 19.6. The summed E-state index contributed by atoms with van der Waals surface area (Å²) < 4.78 is 49.6. The molecule has 1 aromatic heterocycles. The highest BCUT2D eigenvalue weighted by Gasteiger charge is 2.31. The first-order valence-electron chi connectivity index (χ1n) is 11.2. The quantitative estimate of drug-likeness (QED) is 0.207. The number of halogens is 4. The maximum absolute atomic E-state index is 12.7. The fourth-order valence-electron chi connectivity index (χ4n) is 3.58. The lowest BCUT2D eigenvalue weighted by atomic mass is 10.1. The van der Waals surface area contributed by atoms with E-state index in [-0.39, 0.29) is 5.75 Å². The van der Waals surface area contributed by atoms with Gasteiger partial charge in [-0.15, -0.1) is 13.2 Å². The van der Waals surface area contributed by atoms with Crippen LogP contribution in [0.5, 0.6) is 17.4 Å². The van der Waals surface area contributed by atoms with Crippen molar-refractivity contribution in [3.63, 3.8) is 0 Å². The molecule has 37 heavy (non-hydrogen) atoms. The molecule has 0 spiro atoms. The molecule has 4 aromatic rings. The van der Waals surface area contributed by atoms with Crippen molar-refractivity contribution in [3.8, 4) is 23.1 Å². The molecule has 192 valence electrons. The number of para-hydroxylation sites is 3. The maximum Gasteiger partial charge on any atom is 0.573 e. The van der Waals surface area contributed by atoms with E-state index in [1.165, 1.54) is 12.1 Å². The second kappa shape index (κ2) is 11.1. The van der Waals surface area contributed by atoms with E-state index in [0.717, 1.165) is 29.4 Å². The minimum absolute atomic E-state index is 0.316. The number of ether oxygens (including phenoxy) is 2. The van der Waals surface area contributed by atoms with Crippen LogP contribution in [0.4, 0.5) is 29.3 Å². The monoisotopic (exact) mass is 622 g/mol. The Morgan fingerprint density at radius 3 is 2.43 bits per heavy atom. The lowest BCUT2D eigenvalue weighted by Crippen LogP contribution is -2.21. The highest BCUT2D eigenvalue weighted by molar-refractivity contribution is 14.1. The number of rotatable bonds is 7. The summed E-state index contributed by atoms with van der Waals surface area (Å²) >= 11 is 1.82. The van der Waals surface area contributed by atoms with Crippen LogP contribution in [-0.2, 0) is 6.42 Å². The largest absolute Gasteiger partial charge is 0.573 e. The number of hydrogen-bond acceptors (Lipinski definition) is 4. The predicted octanol–water partition coefficient (Wildman–Crippen LogP) is 7.68. The normalized spacial score (nSPS) is 11.2. The number of carbonyl (C=O) groups is 1. The highest BCUT2D eigenvalue weighted by atomic mass is 127. The van der Waals surface area contributed by atoms with Gasteiger partial charge in [0, 0.05) is 9.64 Å². The number of hydrogen-bond donors (Lipinski definition) is 2. The van der Waals surface area contributed by atoms with E-state index in [0.29, 0.717) is 26.6 Å². The number of urea groups is 1. The predicted molar refractivity (Wildman–Crippen MR) is 143 cm³/mol. The van der Waals surface area contributed by atoms with Gasteiger partial charge in [-0.25, -0.2) is 9.48 Å². The second-order valence-electron chi connectivity index (χ2n) is 7.88. The molecular formula is C26H22F3IN4O3. The van der Waals surface area contributed by atoms with Gasteiger partial charge in [0.15, 0.2) is 5.75 Å². The summed E-state index contributed by atoms with van der Waals surface area (Å²) in [7, 11) is 0. The zero-order chi connectivity index (χ0) is 26.6. The van der Waals surface area contributed by atoms with Crippen LogP contribution in [0, 0.1) is 10.5 Å². The van der Waals surface area contributed by atoms with Crippen LogP contribution < -0.4 is 20.1 Å². The van der Waals surface area contributed by atoms with Crippen molar-refractivity contribution in [2.75, 3.05) is 10.6 Å². The van der Waals surface area contributed by atoms with Gasteiger partial charge in [0.2, 0.25) is 5.88 Å². The van der Waals surface area contributed by atoms with E-state index < -0.39 is 12.4 Å². The van der Waals surface area contributed by atoms with Gasteiger partial charge in [0.05, 0.1) is 22.8 Å². The van der Waals surface area contributed by atoms with Crippen molar-refractivity contribution in [1.82, 2.24) is 9.78 Å². The molecule has 0 aliphatic heterocycles. The molecule has 0 saturated carbocycles. The lowest BCUT2D eigenvalue weighted by Gasteiger charge is -2.15. The van der Waals surface area contributed by atoms with Crippen LogP contribution in [-0.4, -0.2) is 22.2 Å². The standard InChI is InChI=1S/C26H22F3IN4O3/c1-3-17-8-4-6-10-22(17)34-24(14-16(2)33-34)36-23-11-7-5-9-21(23)32-25(35)31-20-13-12-18(15-19(20)30)37-26(27,28)29/h4-15H,3H2,1-2H3,(H2,31,32,35). The summed E-state index contributed by atoms with van der Waals surface area (Å²) in [6.45, 7) is 3.92. The summed E-state index contributed by atoms with van der Waals surface area (Å²) in [5.74, 6) is 0.484. The van der Waals surface area contributed by atoms with Crippen molar-refractivity contribution in [3.05, 3.63) is 87.6 Å². The van der Waals surface area contributed by atoms with Gasteiger partial charge in [-0.3, -0.25) is 0 Å². The number of aryl methyl sites for hydroxylation is 2. The molecular weight excluding hydrogens is 600 g/mol. The topological polar surface area (TPSA) is 77.4 Å². The van der Waals surface area contributed by atoms with Crippen molar-refractivity contribution < 1.29 is 27.4 Å². The number of benzene rings is 3. The first kappa shape index (κ1) is 26.3. The zero-order valence-corrected chi connectivity index (χ0v) is 21.9. The molecule has 2 N–H and O–H groups in total. The van der Waals surface area contributed by atoms with Crippen molar-refractivity contribution in [1.29, 1.82) is 0 Å². The van der Waals surface area contributed by atoms with Gasteiger partial charge < -0.3 is 20.1 Å². The summed E-state index contributed by atoms with van der Waals surface area (Å²) in [4.78, 5) is 12.7. The van der Waals surface area contributed by atoms with E-state index in [9.17, 15) is 18.0 Å². The van der Waals surface area contributed by atoms with Crippen LogP contribution in [0.15, 0.2) is 72.8 Å². The van der Waals surface area contributed by atoms with Gasteiger partial charge in [0.25, 0.3) is 0 Å². The van der Waals surface area contributed by atoms with Crippen LogP contribution in [0.3, 0.4) is 0 Å². The van der Waals surface area contributed by atoms with Gasteiger partial charge in [-0.2, -0.15) is 5.10 Å². The summed E-state index contributed by atoms with van der Waals surface area (Å²) in [5, 5.41) is 9.94. The molecule has 1 heterocycles. The third kappa shape index (κ3) is 6.73. The van der Waals surface area contributed by atoms with Gasteiger partial charge in [0.1, 0.15) is 5.75 Å². The Labute approximate surface area is 224 Å². The molecule has 2 amide bonds. The van der Waals surface area contributed by atoms with Crippen molar-refractivity contribution in [2.45, 2.75) is 26.6 Å². The average Bonchev–Trinajstić information content (AvgIpc) is 3.20. The smallest absolute Gasteiger partial charge is 0.437 e. The number of nitrogens with zero attached hydrogens (tertiary/aromatic N) is 2. The molecule has 0 saturated heterocycles. The molecule has 0 atom stereocenters. The SMILES string of the molecule is CCc1ccccc1-n1nc(C)cc1Oc1ccccc1NC(=O)Nc1ccc(OC(F)(F)F)cc1I. The molecule has 7 nitrogen and oxygen atoms in total. The van der Waals surface area contributed by atoms with Crippen molar-refractivity contribution >= 4 is 40.0 Å². The summed E-state index contributed by atoms with van der Waals surface area (Å²) in [5.41, 5.74) is 3.46. The molecule has 0 aliphatic rings. The fraction of sp³-hybridized carbons (Fsp3) is 0.154. The number of nitrogens with one attached hydrogen (secondary N) is 2. The average molecular weight is 622 g/mol. The molecule has 0 fully saturated rings. The molecule has 11 heteroatoms. The minimum atomic E-state index is -4.80. The molecule has 0 radical (unpaired) electrons. The Morgan fingerprint density at radius 2 is 1.70 bits per heavy atom. The van der Waals surface area contributed by atoms with Gasteiger partial charge in [-0.05, 0) is 77.9 Å². The van der Waals surface area contributed by atoms with E-state index in [1.807, 2.05) is 53.8 Å². The molecule has 0 unspecified atom stereocenters. The molecule has 3 aromatic carbocycles. The van der Waals surface area contributed by atoms with Crippen molar-refractivity contribution in [2.24, 2.45) is 0 Å². The Kier molecular flexibility index (Phi) is 7.91. The number of carbonyl (C=O) groups excluding carboxylic acids is 1. The van der Waals surface area contributed by atoms with Crippen LogP contribution in [0.2, 0.25) is 0 Å². The lowest BCUT2D eigenvalue weighted by molar-refractivity contribution is -0.274. The molecule has 0 aliphatic carbocycles. The first-order valence-corrected chi connectivity index (χ1v) is 12.3. The number of amides is 2. The van der Waals surface area contributed by atoms with Gasteiger partial charge >= 0.3 is 12.4 Å². The van der Waals surface area contributed by atoms with E-state index in [1.54, 1.807) is 35.0 Å². The summed E-state index contributed by atoms with van der Waals surface area (Å²) in [6.07, 6.45) is -3.99. The van der Waals surface area contributed by atoms with Gasteiger partial charge in [-0.1, -0.05) is 37.3 Å². The minimum Gasteiger partial charge on any atom is -0.437 e. The van der Waals surface area contributed by atoms with E-state index in [2.05, 4.69) is 27.4 Å². The van der Waals surface area contributed by atoms with E-state index >= 15 is 0 Å². The van der Waals surface area contributed by atoms with Crippen LogP contribution in [0.1, 0.15) is 18.2 Å². The highest BCUT2D eigenvalue weighted by Crippen LogP contribution is 2.33. The second-order valence-corrected chi connectivity index (χ2v) is 9.05. The van der Waals surface area contributed by atoms with Crippen LogP contribution >= 0.6 is 22.6 Å². The molecule has 4 rings (SSSR count). The Hall–Kier alpha value is -3.74. The Bertz CT molecular complexity index is 1420. The van der Waals surface area contributed by atoms with Crippen LogP contribution in [0.25, 0.3) is 5.69 Å².